The maximum absolute atomic E-state index is 6.23. The van der Waals surface area contributed by atoms with E-state index in [0.717, 1.165) is 61.1 Å². The van der Waals surface area contributed by atoms with Crippen molar-refractivity contribution in [1.82, 2.24) is 14.9 Å². The third-order valence-electron chi connectivity index (χ3n) is 4.90. The van der Waals surface area contributed by atoms with Gasteiger partial charge in [-0.15, -0.1) is 0 Å². The molecule has 0 N–H and O–H groups in total. The van der Waals surface area contributed by atoms with Crippen molar-refractivity contribution < 1.29 is 9.47 Å². The van der Waals surface area contributed by atoms with E-state index in [1.807, 2.05) is 13.0 Å². The van der Waals surface area contributed by atoms with Crippen molar-refractivity contribution in [3.05, 3.63) is 40.3 Å². The highest BCUT2D eigenvalue weighted by Gasteiger charge is 2.22. The van der Waals surface area contributed by atoms with Gasteiger partial charge in [0.05, 0.1) is 14.2 Å². The van der Waals surface area contributed by atoms with E-state index in [9.17, 15) is 0 Å². The number of hydrogen-bond donors (Lipinski definition) is 0. The van der Waals surface area contributed by atoms with Crippen LogP contribution in [0, 0.1) is 13.8 Å². The minimum Gasteiger partial charge on any atom is -0.493 e. The quantitative estimate of drug-likeness (QED) is 0.799. The van der Waals surface area contributed by atoms with Gasteiger partial charge in [-0.3, -0.25) is 4.90 Å². The lowest BCUT2D eigenvalue weighted by Gasteiger charge is -2.36. The summed E-state index contributed by atoms with van der Waals surface area (Å²) >= 11 is 6.23. The van der Waals surface area contributed by atoms with Gasteiger partial charge >= 0.3 is 0 Å². The third kappa shape index (κ3) is 3.86. The largest absolute Gasteiger partial charge is 0.493 e. The Balaban J connectivity index is 1.70. The molecule has 0 amide bonds. The monoisotopic (exact) mass is 376 g/mol. The smallest absolute Gasteiger partial charge is 0.165 e. The average molecular weight is 377 g/mol. The molecule has 1 saturated heterocycles. The Bertz CT molecular complexity index is 776. The highest BCUT2D eigenvalue weighted by Crippen LogP contribution is 2.35. The van der Waals surface area contributed by atoms with Crippen molar-refractivity contribution in [3.8, 4) is 11.5 Å². The van der Waals surface area contributed by atoms with Crippen LogP contribution in [0.15, 0.2) is 18.5 Å². The molecule has 0 atom stereocenters. The van der Waals surface area contributed by atoms with E-state index in [1.165, 1.54) is 0 Å². The molecule has 0 saturated carbocycles. The molecule has 1 aromatic carbocycles. The van der Waals surface area contributed by atoms with E-state index >= 15 is 0 Å². The molecule has 1 aromatic heterocycles. The highest BCUT2D eigenvalue weighted by molar-refractivity contribution is 6.30. The minimum atomic E-state index is 0.656. The molecule has 2 heterocycles. The molecule has 0 unspecified atom stereocenters. The third-order valence-corrected chi connectivity index (χ3v) is 5.11. The van der Waals surface area contributed by atoms with Crippen LogP contribution in [-0.2, 0) is 6.54 Å². The fourth-order valence-electron chi connectivity index (χ4n) is 3.33. The first kappa shape index (κ1) is 18.7. The summed E-state index contributed by atoms with van der Waals surface area (Å²) in [5.41, 5.74) is 3.23. The lowest BCUT2D eigenvalue weighted by atomic mass is 10.1. The van der Waals surface area contributed by atoms with Gasteiger partial charge in [0.25, 0.3) is 0 Å². The predicted octanol–water partition coefficient (Wildman–Crippen LogP) is 3.09. The van der Waals surface area contributed by atoms with Crippen LogP contribution in [0.2, 0.25) is 5.02 Å². The molecule has 1 fully saturated rings. The zero-order valence-electron chi connectivity index (χ0n) is 15.8. The fourth-order valence-corrected chi connectivity index (χ4v) is 3.56. The molecule has 3 rings (SSSR count). The molecular weight excluding hydrogens is 352 g/mol. The van der Waals surface area contributed by atoms with Gasteiger partial charge in [0.2, 0.25) is 0 Å². The second-order valence-corrected chi connectivity index (χ2v) is 6.91. The van der Waals surface area contributed by atoms with Crippen molar-refractivity contribution in [3.63, 3.8) is 0 Å². The van der Waals surface area contributed by atoms with Crippen LogP contribution < -0.4 is 14.4 Å². The Labute approximate surface area is 159 Å². The Morgan fingerprint density at radius 1 is 1.04 bits per heavy atom. The van der Waals surface area contributed by atoms with Gasteiger partial charge in [-0.2, -0.15) is 0 Å². The molecule has 1 aliphatic heterocycles. The van der Waals surface area contributed by atoms with Gasteiger partial charge in [-0.25, -0.2) is 9.97 Å². The van der Waals surface area contributed by atoms with Gasteiger partial charge in [0, 0.05) is 60.6 Å². The first-order valence-electron chi connectivity index (χ1n) is 8.69. The number of nitrogens with zero attached hydrogens (tertiary/aromatic N) is 4. The van der Waals surface area contributed by atoms with Crippen molar-refractivity contribution in [2.45, 2.75) is 20.4 Å². The summed E-state index contributed by atoms with van der Waals surface area (Å²) < 4.78 is 10.9. The Kier molecular flexibility index (Phi) is 5.84. The van der Waals surface area contributed by atoms with Crippen LogP contribution in [0.3, 0.4) is 0 Å². The standard InChI is InChI=1S/C19H25ClN4O2/c1-13-14(2)21-12-22-19(13)24-7-5-23(6-8-24)11-15-9-16(20)10-17(25-3)18(15)26-4/h9-10,12H,5-8,11H2,1-4H3. The number of aryl methyl sites for hydroxylation is 1. The molecule has 0 bridgehead atoms. The summed E-state index contributed by atoms with van der Waals surface area (Å²) in [5, 5.41) is 0.656. The maximum Gasteiger partial charge on any atom is 0.165 e. The second kappa shape index (κ2) is 8.10. The first-order chi connectivity index (χ1) is 12.5. The zero-order chi connectivity index (χ0) is 18.7. The number of halogens is 1. The Morgan fingerprint density at radius 2 is 1.77 bits per heavy atom. The van der Waals surface area contributed by atoms with Crippen molar-refractivity contribution in [1.29, 1.82) is 0 Å². The van der Waals surface area contributed by atoms with Crippen molar-refractivity contribution in [2.24, 2.45) is 0 Å². The van der Waals surface area contributed by atoms with E-state index in [1.54, 1.807) is 26.6 Å². The minimum absolute atomic E-state index is 0.656. The van der Waals surface area contributed by atoms with E-state index in [4.69, 9.17) is 21.1 Å². The fraction of sp³-hybridized carbons (Fsp3) is 0.474. The van der Waals surface area contributed by atoms with Crippen LogP contribution in [0.4, 0.5) is 5.82 Å². The van der Waals surface area contributed by atoms with E-state index < -0.39 is 0 Å². The summed E-state index contributed by atoms with van der Waals surface area (Å²) in [4.78, 5) is 13.5. The predicted molar refractivity (Wildman–Crippen MR) is 104 cm³/mol. The van der Waals surface area contributed by atoms with E-state index in [-0.39, 0.29) is 0 Å². The van der Waals surface area contributed by atoms with Crippen LogP contribution in [0.1, 0.15) is 16.8 Å². The molecule has 6 nitrogen and oxygen atoms in total. The molecule has 26 heavy (non-hydrogen) atoms. The van der Waals surface area contributed by atoms with Crippen LogP contribution in [-0.4, -0.2) is 55.3 Å². The lowest BCUT2D eigenvalue weighted by molar-refractivity contribution is 0.244. The van der Waals surface area contributed by atoms with E-state index in [0.29, 0.717) is 10.8 Å². The second-order valence-electron chi connectivity index (χ2n) is 6.47. The van der Waals surface area contributed by atoms with Gasteiger partial charge in [-0.1, -0.05) is 11.6 Å². The number of aromatic nitrogens is 2. The SMILES string of the molecule is COc1cc(Cl)cc(CN2CCN(c3ncnc(C)c3C)CC2)c1OC. The zero-order valence-corrected chi connectivity index (χ0v) is 16.5. The van der Waals surface area contributed by atoms with Crippen LogP contribution >= 0.6 is 11.6 Å². The summed E-state index contributed by atoms with van der Waals surface area (Å²) in [7, 11) is 3.29. The van der Waals surface area contributed by atoms with Crippen molar-refractivity contribution in [2.75, 3.05) is 45.3 Å². The lowest BCUT2D eigenvalue weighted by Crippen LogP contribution is -2.46. The first-order valence-corrected chi connectivity index (χ1v) is 9.07. The number of benzene rings is 1. The van der Waals surface area contributed by atoms with Gasteiger partial charge in [0.1, 0.15) is 12.1 Å². The number of rotatable bonds is 5. The normalized spacial score (nSPS) is 15.2. The summed E-state index contributed by atoms with van der Waals surface area (Å²) in [6.45, 7) is 8.63. The molecule has 2 aromatic rings. The topological polar surface area (TPSA) is 50.7 Å². The number of piperazine rings is 1. The summed E-state index contributed by atoms with van der Waals surface area (Å²) in [6, 6.07) is 3.73. The molecule has 1 aliphatic rings. The van der Waals surface area contributed by atoms with Crippen LogP contribution in [0.5, 0.6) is 11.5 Å². The van der Waals surface area contributed by atoms with Gasteiger partial charge in [-0.05, 0) is 19.9 Å². The number of hydrogen-bond acceptors (Lipinski definition) is 6. The Morgan fingerprint density at radius 3 is 2.42 bits per heavy atom. The molecule has 0 aliphatic carbocycles. The Hall–Kier alpha value is -2.05. The van der Waals surface area contributed by atoms with Gasteiger partial charge in [0.15, 0.2) is 11.5 Å². The molecule has 7 heteroatoms. The summed E-state index contributed by atoms with van der Waals surface area (Å²) in [6.07, 6.45) is 1.65. The van der Waals surface area contributed by atoms with Crippen molar-refractivity contribution >= 4 is 17.4 Å². The number of ether oxygens (including phenoxy) is 2. The maximum atomic E-state index is 6.23. The van der Waals surface area contributed by atoms with Crippen LogP contribution in [0.25, 0.3) is 0 Å². The number of methoxy groups -OCH3 is 2. The highest BCUT2D eigenvalue weighted by atomic mass is 35.5. The molecule has 0 spiro atoms. The molecular formula is C19H25ClN4O2. The molecule has 0 radical (unpaired) electrons. The van der Waals surface area contributed by atoms with Gasteiger partial charge < -0.3 is 14.4 Å². The van der Waals surface area contributed by atoms with E-state index in [2.05, 4.69) is 26.7 Å². The summed E-state index contributed by atoms with van der Waals surface area (Å²) in [5.74, 6) is 2.46. The number of anilines is 1. The molecule has 140 valence electrons. The average Bonchev–Trinajstić information content (AvgIpc) is 2.64.